The Balaban J connectivity index is 0.000000527. The van der Waals surface area contributed by atoms with Crippen LogP contribution in [0.5, 0.6) is 5.75 Å². The van der Waals surface area contributed by atoms with E-state index in [-0.39, 0.29) is 11.7 Å². The van der Waals surface area contributed by atoms with Crippen LogP contribution in [-0.4, -0.2) is 26.0 Å². The molecule has 1 aromatic carbocycles. The van der Waals surface area contributed by atoms with Gasteiger partial charge in [0.2, 0.25) is 0 Å². The third-order valence-corrected chi connectivity index (χ3v) is 11.8. The minimum Gasteiger partial charge on any atom is -0.434 e. The van der Waals surface area contributed by atoms with E-state index in [9.17, 15) is 13.6 Å². The lowest BCUT2D eigenvalue weighted by atomic mass is 9.71. The van der Waals surface area contributed by atoms with Gasteiger partial charge in [0.05, 0.1) is 0 Å². The lowest BCUT2D eigenvalue weighted by Crippen LogP contribution is -2.36. The van der Waals surface area contributed by atoms with Gasteiger partial charge in [0.25, 0.3) is 0 Å². The molecule has 3 atom stereocenters. The number of piperidine rings is 1. The molecule has 304 valence electrons. The molecule has 53 heavy (non-hydrogen) atoms. The molecule has 3 rings (SSSR count). The summed E-state index contributed by atoms with van der Waals surface area (Å²) in [6, 6.07) is 4.74. The molecule has 0 radical (unpaired) electrons. The second kappa shape index (κ2) is 24.9. The van der Waals surface area contributed by atoms with E-state index in [2.05, 4.69) is 87.2 Å². The Morgan fingerprint density at radius 2 is 1.62 bits per heavy atom. The van der Waals surface area contributed by atoms with Crippen molar-refractivity contribution in [2.45, 2.75) is 172 Å². The number of benzene rings is 1. The molecule has 1 saturated heterocycles. The van der Waals surface area contributed by atoms with Gasteiger partial charge in [0.15, 0.2) is 0 Å². The maximum Gasteiger partial charge on any atom is 0.387 e. The predicted molar refractivity (Wildman–Crippen MR) is 222 cm³/mol. The van der Waals surface area contributed by atoms with Gasteiger partial charge in [-0.25, -0.2) is 4.39 Å². The van der Waals surface area contributed by atoms with E-state index < -0.39 is 12.3 Å². The standard InChI is InChI=1S/C26H36F3NO.C16H34.C5H8O/c1-6-19(4)21(7-2)16-18(3)8-9-20(5)23-17-22(10-11-24(23)31-25(27)28)26(29)12-14-30-15-13-26;1-8-13(4)11-15(16(5,6)7)12-14(9-2)10-3;6-4-5-2-1-3-5/h9-11,16-18,25,30H,4,6-8,12-15H2,1-3,5H3;13-15H,8-12H2,1-7H3;4-5H,1-3H2/b20-9-,21-16-;;. The summed E-state index contributed by atoms with van der Waals surface area (Å²) in [6.45, 7) is 27.3. The summed E-state index contributed by atoms with van der Waals surface area (Å²) in [5.41, 5.74) is 3.29. The van der Waals surface area contributed by atoms with E-state index in [0.717, 1.165) is 67.3 Å². The number of carbonyl (C=O) groups is 1. The lowest BCUT2D eigenvalue weighted by Gasteiger charge is -2.35. The number of alkyl halides is 3. The van der Waals surface area contributed by atoms with Crippen LogP contribution in [0.15, 0.2) is 48.1 Å². The molecule has 3 nitrogen and oxygen atoms in total. The number of ether oxygens (including phenoxy) is 1. The Hall–Kier alpha value is -2.34. The van der Waals surface area contributed by atoms with Crippen molar-refractivity contribution < 1.29 is 22.7 Å². The summed E-state index contributed by atoms with van der Waals surface area (Å²) >= 11 is 0. The monoisotopic (exact) mass is 746 g/mol. The Kier molecular flexibility index (Phi) is 22.9. The molecule has 1 aromatic rings. The van der Waals surface area contributed by atoms with Gasteiger partial charge in [-0.15, -0.1) is 0 Å². The average molecular weight is 746 g/mol. The number of allylic oxidation sites excluding steroid dienone is 5. The lowest BCUT2D eigenvalue weighted by molar-refractivity contribution is -0.113. The van der Waals surface area contributed by atoms with Crippen molar-refractivity contribution in [1.82, 2.24) is 5.32 Å². The summed E-state index contributed by atoms with van der Waals surface area (Å²) in [5.74, 6) is 3.51. The first-order valence-electron chi connectivity index (χ1n) is 21.0. The third-order valence-electron chi connectivity index (χ3n) is 11.8. The Bertz CT molecular complexity index is 1250. The van der Waals surface area contributed by atoms with Gasteiger partial charge in [-0.3, -0.25) is 0 Å². The minimum absolute atomic E-state index is 0.0850. The highest BCUT2D eigenvalue weighted by Gasteiger charge is 2.34. The first-order valence-corrected chi connectivity index (χ1v) is 21.0. The zero-order valence-corrected chi connectivity index (χ0v) is 35.7. The topological polar surface area (TPSA) is 38.3 Å². The number of carbonyl (C=O) groups excluding carboxylic acids is 1. The van der Waals surface area contributed by atoms with Crippen LogP contribution in [0, 0.1) is 35.0 Å². The average Bonchev–Trinajstić information content (AvgIpc) is 3.10. The van der Waals surface area contributed by atoms with Crippen molar-refractivity contribution in [3.8, 4) is 5.75 Å². The van der Waals surface area contributed by atoms with E-state index in [4.69, 9.17) is 4.74 Å². The second-order valence-electron chi connectivity index (χ2n) is 17.0. The van der Waals surface area contributed by atoms with Crippen LogP contribution in [0.4, 0.5) is 13.2 Å². The van der Waals surface area contributed by atoms with Crippen LogP contribution >= 0.6 is 0 Å². The third kappa shape index (κ3) is 17.8. The van der Waals surface area contributed by atoms with E-state index in [1.54, 1.807) is 12.1 Å². The zero-order chi connectivity index (χ0) is 40.2. The first kappa shape index (κ1) is 48.7. The normalized spacial score (nSPS) is 18.2. The van der Waals surface area contributed by atoms with Crippen molar-refractivity contribution in [1.29, 1.82) is 0 Å². The fourth-order valence-electron chi connectivity index (χ4n) is 7.08. The van der Waals surface area contributed by atoms with Crippen LogP contribution in [0.1, 0.15) is 171 Å². The fraction of sp³-hybridized carbons (Fsp3) is 0.723. The van der Waals surface area contributed by atoms with Gasteiger partial charge in [-0.2, -0.15) is 8.78 Å². The van der Waals surface area contributed by atoms with E-state index in [0.29, 0.717) is 48.4 Å². The molecule has 0 aromatic heterocycles. The first-order chi connectivity index (χ1) is 25.0. The van der Waals surface area contributed by atoms with Crippen molar-refractivity contribution in [2.75, 3.05) is 13.1 Å². The van der Waals surface area contributed by atoms with Gasteiger partial charge in [0.1, 0.15) is 17.7 Å². The van der Waals surface area contributed by atoms with Gasteiger partial charge in [-0.1, -0.05) is 125 Å². The van der Waals surface area contributed by atoms with Crippen LogP contribution in [-0.2, 0) is 10.5 Å². The Morgan fingerprint density at radius 1 is 1.00 bits per heavy atom. The largest absolute Gasteiger partial charge is 0.434 e. The molecule has 1 saturated carbocycles. The smallest absolute Gasteiger partial charge is 0.387 e. The minimum atomic E-state index is -2.93. The molecular weight excluding hydrogens is 668 g/mol. The Labute approximate surface area is 324 Å². The van der Waals surface area contributed by atoms with Gasteiger partial charge < -0.3 is 14.8 Å². The molecule has 1 N–H and O–H groups in total. The molecule has 0 spiro atoms. The molecule has 0 bridgehead atoms. The zero-order valence-electron chi connectivity index (χ0n) is 35.7. The molecule has 6 heteroatoms. The predicted octanol–water partition coefficient (Wildman–Crippen LogP) is 14.5. The fourth-order valence-corrected chi connectivity index (χ4v) is 7.08. The van der Waals surface area contributed by atoms with Crippen molar-refractivity contribution in [3.63, 3.8) is 0 Å². The summed E-state index contributed by atoms with van der Waals surface area (Å²) < 4.78 is 46.1. The van der Waals surface area contributed by atoms with Crippen LogP contribution in [0.25, 0.3) is 5.57 Å². The molecule has 0 amide bonds. The maximum absolute atomic E-state index is 15.5. The summed E-state index contributed by atoms with van der Waals surface area (Å²) in [5, 5.41) is 3.16. The Morgan fingerprint density at radius 3 is 2.06 bits per heavy atom. The number of aldehydes is 1. The molecule has 1 heterocycles. The van der Waals surface area contributed by atoms with Gasteiger partial charge in [-0.05, 0) is 136 Å². The number of hydrogen-bond donors (Lipinski definition) is 1. The molecule has 3 unspecified atom stereocenters. The SMILES string of the molecule is C=C(CC)/C(=C\C(C)C/C=C(/C)c1cc(C2(F)CCNCC2)ccc1OC(F)F)CC.CCC(C)CC(CC(CC)CC)C(C)(C)C.O=CC1CCC1. The molecular formula is C47H78F3NO2. The van der Waals surface area contributed by atoms with E-state index in [1.165, 1.54) is 50.2 Å². The molecule has 1 aliphatic carbocycles. The highest BCUT2D eigenvalue weighted by atomic mass is 19.3. The van der Waals surface area contributed by atoms with Gasteiger partial charge in [0, 0.05) is 11.5 Å². The van der Waals surface area contributed by atoms with Gasteiger partial charge >= 0.3 is 6.61 Å². The van der Waals surface area contributed by atoms with Crippen LogP contribution in [0.3, 0.4) is 0 Å². The second-order valence-corrected chi connectivity index (χ2v) is 17.0. The van der Waals surface area contributed by atoms with Crippen LogP contribution < -0.4 is 10.1 Å². The summed E-state index contributed by atoms with van der Waals surface area (Å²) in [4.78, 5) is 9.79. The molecule has 2 aliphatic rings. The quantitative estimate of drug-likeness (QED) is 0.120. The van der Waals surface area contributed by atoms with E-state index >= 15 is 4.39 Å². The number of hydrogen-bond acceptors (Lipinski definition) is 3. The molecule has 1 aliphatic heterocycles. The maximum atomic E-state index is 15.5. The van der Waals surface area contributed by atoms with Crippen molar-refractivity contribution >= 4 is 11.9 Å². The number of halogens is 3. The summed E-state index contributed by atoms with van der Waals surface area (Å²) in [6.07, 6.45) is 19.1. The molecule has 2 fully saturated rings. The highest BCUT2D eigenvalue weighted by Crippen LogP contribution is 2.40. The number of nitrogens with one attached hydrogen (secondary N) is 1. The van der Waals surface area contributed by atoms with E-state index in [1.807, 2.05) is 13.0 Å². The number of rotatable bonds is 18. The highest BCUT2D eigenvalue weighted by molar-refractivity contribution is 5.70. The summed E-state index contributed by atoms with van der Waals surface area (Å²) in [7, 11) is 0. The van der Waals surface area contributed by atoms with Crippen molar-refractivity contribution in [3.05, 3.63) is 59.2 Å². The van der Waals surface area contributed by atoms with Crippen molar-refractivity contribution in [2.24, 2.45) is 35.0 Å². The van der Waals surface area contributed by atoms with Crippen LogP contribution in [0.2, 0.25) is 0 Å².